The number of fused-ring (bicyclic) bond motifs is 1. The van der Waals surface area contributed by atoms with E-state index in [4.69, 9.17) is 0 Å². The van der Waals surface area contributed by atoms with Gasteiger partial charge in [0.15, 0.2) is 0 Å². The molecule has 0 saturated heterocycles. The van der Waals surface area contributed by atoms with Crippen LogP contribution in [0.25, 0.3) is 0 Å². The molecule has 1 heterocycles. The number of anilines is 2. The summed E-state index contributed by atoms with van der Waals surface area (Å²) < 4.78 is 26.9. The number of benzene rings is 2. The fraction of sp³-hybridized carbons (Fsp3) is 0.350. The van der Waals surface area contributed by atoms with Gasteiger partial charge >= 0.3 is 0 Å². The molecular formula is C20H23F2N3. The lowest BCUT2D eigenvalue weighted by atomic mass is 10.1. The largest absolute Gasteiger partial charge is 0.383 e. The van der Waals surface area contributed by atoms with Gasteiger partial charge in [0.1, 0.15) is 17.5 Å². The van der Waals surface area contributed by atoms with Gasteiger partial charge in [-0.05, 0) is 31.0 Å². The SMILES string of the molecule is Fc1ccc(CN=C2CCCCCCNc3ccccc3N2)c(F)c1. The maximum atomic E-state index is 13.8. The summed E-state index contributed by atoms with van der Waals surface area (Å²) in [6.07, 6.45) is 5.32. The number of amidine groups is 1. The summed E-state index contributed by atoms with van der Waals surface area (Å²) >= 11 is 0. The van der Waals surface area contributed by atoms with Crippen LogP contribution in [0.3, 0.4) is 0 Å². The Morgan fingerprint density at radius 2 is 1.72 bits per heavy atom. The van der Waals surface area contributed by atoms with Crippen molar-refractivity contribution in [3.63, 3.8) is 0 Å². The van der Waals surface area contributed by atoms with E-state index >= 15 is 0 Å². The van der Waals surface area contributed by atoms with Crippen molar-refractivity contribution in [3.05, 3.63) is 59.7 Å². The van der Waals surface area contributed by atoms with Crippen molar-refractivity contribution in [3.8, 4) is 0 Å². The lowest BCUT2D eigenvalue weighted by Gasteiger charge is -2.14. The molecule has 2 aromatic rings. The molecule has 0 radical (unpaired) electrons. The number of halogens is 2. The third-order valence-electron chi connectivity index (χ3n) is 4.32. The van der Waals surface area contributed by atoms with Crippen molar-refractivity contribution < 1.29 is 8.78 Å². The van der Waals surface area contributed by atoms with Crippen molar-refractivity contribution in [1.29, 1.82) is 0 Å². The molecule has 0 bridgehead atoms. The highest BCUT2D eigenvalue weighted by atomic mass is 19.1. The van der Waals surface area contributed by atoms with Gasteiger partial charge in [-0.1, -0.05) is 31.0 Å². The summed E-state index contributed by atoms with van der Waals surface area (Å²) in [5, 5.41) is 6.84. The van der Waals surface area contributed by atoms with Gasteiger partial charge in [0.25, 0.3) is 0 Å². The maximum absolute atomic E-state index is 13.8. The number of nitrogens with zero attached hydrogens (tertiary/aromatic N) is 1. The van der Waals surface area contributed by atoms with Crippen molar-refractivity contribution in [2.24, 2.45) is 4.99 Å². The molecule has 0 fully saturated rings. The van der Waals surface area contributed by atoms with Gasteiger partial charge in [-0.25, -0.2) is 8.78 Å². The molecule has 25 heavy (non-hydrogen) atoms. The number of para-hydroxylation sites is 2. The van der Waals surface area contributed by atoms with Gasteiger partial charge < -0.3 is 10.6 Å². The minimum Gasteiger partial charge on any atom is -0.383 e. The highest BCUT2D eigenvalue weighted by Crippen LogP contribution is 2.23. The van der Waals surface area contributed by atoms with Crippen LogP contribution < -0.4 is 10.6 Å². The maximum Gasteiger partial charge on any atom is 0.131 e. The highest BCUT2D eigenvalue weighted by molar-refractivity contribution is 5.98. The molecule has 3 nitrogen and oxygen atoms in total. The first-order chi connectivity index (χ1) is 12.2. The van der Waals surface area contributed by atoms with Crippen molar-refractivity contribution in [2.45, 2.75) is 38.6 Å². The van der Waals surface area contributed by atoms with Crippen LogP contribution in [-0.4, -0.2) is 12.4 Å². The fourth-order valence-corrected chi connectivity index (χ4v) is 2.91. The summed E-state index contributed by atoms with van der Waals surface area (Å²) in [6, 6.07) is 11.6. The van der Waals surface area contributed by atoms with E-state index in [1.807, 2.05) is 24.3 Å². The minimum absolute atomic E-state index is 0.198. The Morgan fingerprint density at radius 1 is 0.920 bits per heavy atom. The second kappa shape index (κ2) is 8.60. The van der Waals surface area contributed by atoms with Gasteiger partial charge in [-0.15, -0.1) is 0 Å². The van der Waals surface area contributed by atoms with Crippen molar-refractivity contribution in [2.75, 3.05) is 17.2 Å². The number of aliphatic imine (C=N–C) groups is 1. The number of rotatable bonds is 2. The molecule has 0 saturated carbocycles. The Hall–Kier alpha value is -2.43. The number of nitrogens with one attached hydrogen (secondary N) is 2. The van der Waals surface area contributed by atoms with Gasteiger partial charge in [-0.2, -0.15) is 0 Å². The molecule has 1 aliphatic heterocycles. The zero-order chi connectivity index (χ0) is 17.5. The quantitative estimate of drug-likeness (QED) is 0.771. The Morgan fingerprint density at radius 3 is 2.56 bits per heavy atom. The molecule has 0 aliphatic carbocycles. The molecule has 2 N–H and O–H groups in total. The first-order valence-electron chi connectivity index (χ1n) is 8.79. The van der Waals surface area contributed by atoms with Gasteiger partial charge in [0.2, 0.25) is 0 Å². The van der Waals surface area contributed by atoms with Crippen LogP contribution in [0.1, 0.15) is 37.7 Å². The third-order valence-corrected chi connectivity index (χ3v) is 4.32. The predicted molar refractivity (Wildman–Crippen MR) is 99.1 cm³/mol. The smallest absolute Gasteiger partial charge is 0.131 e. The van der Waals surface area contributed by atoms with E-state index < -0.39 is 11.6 Å². The van der Waals surface area contributed by atoms with Crippen LogP contribution in [0.5, 0.6) is 0 Å². The molecule has 5 heteroatoms. The van der Waals surface area contributed by atoms with E-state index in [1.165, 1.54) is 18.6 Å². The molecule has 1 aliphatic rings. The third kappa shape index (κ3) is 5.02. The lowest BCUT2D eigenvalue weighted by molar-refractivity contribution is 0.572. The van der Waals surface area contributed by atoms with Crippen LogP contribution in [0.4, 0.5) is 20.2 Å². The van der Waals surface area contributed by atoms with Crippen LogP contribution in [0, 0.1) is 11.6 Å². The highest BCUT2D eigenvalue weighted by Gasteiger charge is 2.08. The predicted octanol–water partition coefficient (Wildman–Crippen LogP) is 5.35. The van der Waals surface area contributed by atoms with Crippen LogP contribution in [0.2, 0.25) is 0 Å². The van der Waals surface area contributed by atoms with E-state index in [1.54, 1.807) is 0 Å². The molecule has 0 aromatic heterocycles. The van der Waals surface area contributed by atoms with E-state index in [0.29, 0.717) is 5.56 Å². The minimum atomic E-state index is -0.568. The monoisotopic (exact) mass is 343 g/mol. The van der Waals surface area contributed by atoms with E-state index in [-0.39, 0.29) is 6.54 Å². The van der Waals surface area contributed by atoms with Gasteiger partial charge in [-0.3, -0.25) is 4.99 Å². The summed E-state index contributed by atoms with van der Waals surface area (Å²) in [6.45, 7) is 1.15. The fourth-order valence-electron chi connectivity index (χ4n) is 2.91. The summed E-state index contributed by atoms with van der Waals surface area (Å²) in [7, 11) is 0. The average molecular weight is 343 g/mol. The summed E-state index contributed by atoms with van der Waals surface area (Å²) in [5.41, 5.74) is 2.42. The van der Waals surface area contributed by atoms with Crippen molar-refractivity contribution >= 4 is 17.2 Å². The molecule has 3 rings (SSSR count). The first-order valence-corrected chi connectivity index (χ1v) is 8.79. The standard InChI is InChI=1S/C20H23F2N3/c21-16-11-10-15(17(22)13-16)14-24-20-9-3-1-2-6-12-23-18-7-4-5-8-19(18)25-20/h4-5,7-8,10-11,13,23H,1-3,6,9,12,14H2,(H,24,25). The van der Waals surface area contributed by atoms with E-state index in [0.717, 1.165) is 55.5 Å². The van der Waals surface area contributed by atoms with Crippen molar-refractivity contribution in [1.82, 2.24) is 0 Å². The number of hydrogen-bond acceptors (Lipinski definition) is 2. The molecule has 0 amide bonds. The molecule has 0 unspecified atom stereocenters. The average Bonchev–Trinajstić information content (AvgIpc) is 2.65. The van der Waals surface area contributed by atoms with Crippen LogP contribution in [-0.2, 0) is 6.54 Å². The second-order valence-electron chi connectivity index (χ2n) is 6.26. The zero-order valence-corrected chi connectivity index (χ0v) is 14.2. The van der Waals surface area contributed by atoms with Gasteiger partial charge in [0, 0.05) is 24.6 Å². The topological polar surface area (TPSA) is 36.4 Å². The number of hydrogen-bond donors (Lipinski definition) is 2. The summed E-state index contributed by atoms with van der Waals surface area (Å²) in [5.74, 6) is -0.287. The normalized spacial score (nSPS) is 17.1. The van der Waals surface area contributed by atoms with E-state index in [2.05, 4.69) is 15.6 Å². The Labute approximate surface area is 147 Å². The summed E-state index contributed by atoms with van der Waals surface area (Å²) in [4.78, 5) is 4.56. The zero-order valence-electron chi connectivity index (χ0n) is 14.2. The van der Waals surface area contributed by atoms with E-state index in [9.17, 15) is 8.78 Å². The van der Waals surface area contributed by atoms with Gasteiger partial charge in [0.05, 0.1) is 17.9 Å². The first kappa shape index (κ1) is 17.4. The molecule has 132 valence electrons. The Kier molecular flexibility index (Phi) is 5.99. The molecular weight excluding hydrogens is 320 g/mol. The van der Waals surface area contributed by atoms with Crippen LogP contribution in [0.15, 0.2) is 47.5 Å². The molecule has 0 atom stereocenters. The Bertz CT molecular complexity index is 743. The molecule has 2 aromatic carbocycles. The second-order valence-corrected chi connectivity index (χ2v) is 6.26. The van der Waals surface area contributed by atoms with Crippen LogP contribution >= 0.6 is 0 Å². The lowest BCUT2D eigenvalue weighted by Crippen LogP contribution is -2.14. The molecule has 0 spiro atoms. The Balaban J connectivity index is 1.80.